The van der Waals surface area contributed by atoms with Crippen LogP contribution in [0.4, 0.5) is 5.69 Å². The molecular formula is C14H14NO6S-. The first-order chi connectivity index (χ1) is 10.3. The van der Waals surface area contributed by atoms with E-state index in [1.54, 1.807) is 5.48 Å². The molecule has 0 heterocycles. The van der Waals surface area contributed by atoms with Crippen LogP contribution in [0.1, 0.15) is 24.8 Å². The molecule has 1 aromatic carbocycles. The van der Waals surface area contributed by atoms with Crippen molar-refractivity contribution in [2.24, 2.45) is 0 Å². The molecular weight excluding hydrogens is 310 g/mol. The van der Waals surface area contributed by atoms with Gasteiger partial charge in [0.1, 0.15) is 0 Å². The third-order valence-electron chi connectivity index (χ3n) is 3.38. The van der Waals surface area contributed by atoms with E-state index in [-0.39, 0.29) is 29.0 Å². The lowest BCUT2D eigenvalue weighted by atomic mass is 9.89. The van der Waals surface area contributed by atoms with Crippen LogP contribution in [0.2, 0.25) is 0 Å². The number of hydrogen-bond donors (Lipinski definition) is 2. The van der Waals surface area contributed by atoms with Gasteiger partial charge in [0.2, 0.25) is 0 Å². The van der Waals surface area contributed by atoms with Gasteiger partial charge in [-0.05, 0) is 24.1 Å². The van der Waals surface area contributed by atoms with Crippen LogP contribution in [0.3, 0.4) is 0 Å². The molecule has 0 spiro atoms. The van der Waals surface area contributed by atoms with E-state index in [1.807, 2.05) is 0 Å². The number of hydrogen-bond acceptors (Lipinski definition) is 7. The summed E-state index contributed by atoms with van der Waals surface area (Å²) in [7, 11) is -3.53. The van der Waals surface area contributed by atoms with Crippen LogP contribution in [0, 0.1) is 0 Å². The third-order valence-corrected chi connectivity index (χ3v) is 4.49. The topological polar surface area (TPSA) is 124 Å². The minimum absolute atomic E-state index is 0.105. The van der Waals surface area contributed by atoms with Crippen molar-refractivity contribution < 1.29 is 28.3 Å². The largest absolute Gasteiger partial charge is 0.871 e. The molecule has 0 aromatic heterocycles. The Hall–Kier alpha value is -2.19. The fourth-order valence-corrected chi connectivity index (χ4v) is 2.89. The Labute approximate surface area is 127 Å². The van der Waals surface area contributed by atoms with Crippen LogP contribution in [0.5, 0.6) is 0 Å². The average Bonchev–Trinajstić information content (AvgIpc) is 2.45. The summed E-state index contributed by atoms with van der Waals surface area (Å²) in [5.41, 5.74) is 1.01. The zero-order valence-corrected chi connectivity index (χ0v) is 12.6. The Bertz CT molecular complexity index is 761. The minimum Gasteiger partial charge on any atom is -0.871 e. The number of anilines is 1. The second-order valence-electron chi connectivity index (χ2n) is 5.00. The van der Waals surface area contributed by atoms with Crippen molar-refractivity contribution in [3.63, 3.8) is 0 Å². The number of carbonyl (C=O) groups excluding carboxylic acids is 2. The summed E-state index contributed by atoms with van der Waals surface area (Å²) in [5.74, 6) is -1.87. The molecule has 1 aliphatic rings. The monoisotopic (exact) mass is 324 g/mol. The molecule has 0 aliphatic heterocycles. The molecule has 0 amide bonds. The van der Waals surface area contributed by atoms with Crippen molar-refractivity contribution in [3.05, 3.63) is 29.3 Å². The number of nitrogens with one attached hydrogen (secondary N) is 1. The molecule has 7 nitrogen and oxygen atoms in total. The number of carbonyl (C=O) groups is 2. The zero-order valence-electron chi connectivity index (χ0n) is 11.8. The van der Waals surface area contributed by atoms with Crippen LogP contribution in [-0.4, -0.2) is 31.4 Å². The van der Waals surface area contributed by atoms with Crippen molar-refractivity contribution in [1.29, 1.82) is 0 Å². The van der Waals surface area contributed by atoms with Crippen molar-refractivity contribution in [1.82, 2.24) is 0 Å². The standard InChI is InChI=1S/C14H15NO6S/c1-22(20,21)8-5-6-9(10(7-8)15-19)14(18)13-11(16)3-2-4-12(13)17/h5-7,15,18-19H,2-4H2,1H3/p-1. The van der Waals surface area contributed by atoms with E-state index in [0.29, 0.717) is 6.42 Å². The molecule has 1 saturated carbocycles. The molecule has 2 N–H and O–H groups in total. The van der Waals surface area contributed by atoms with E-state index in [4.69, 9.17) is 5.21 Å². The maximum absolute atomic E-state index is 12.4. The smallest absolute Gasteiger partial charge is 0.175 e. The summed E-state index contributed by atoms with van der Waals surface area (Å²) in [5, 5.41) is 21.5. The molecule has 1 aliphatic carbocycles. The molecule has 0 atom stereocenters. The summed E-state index contributed by atoms with van der Waals surface area (Å²) < 4.78 is 23.0. The molecule has 1 aromatic rings. The van der Waals surface area contributed by atoms with Crippen LogP contribution in [0.25, 0.3) is 5.76 Å². The Balaban J connectivity index is 2.61. The van der Waals surface area contributed by atoms with Gasteiger partial charge in [0.25, 0.3) is 0 Å². The van der Waals surface area contributed by atoms with E-state index in [0.717, 1.165) is 12.3 Å². The number of Topliss-reactive ketones (excluding diaryl/α,β-unsaturated/α-hetero) is 2. The normalized spacial score (nSPS) is 15.8. The van der Waals surface area contributed by atoms with Crippen LogP contribution < -0.4 is 10.6 Å². The zero-order chi connectivity index (χ0) is 16.5. The summed E-state index contributed by atoms with van der Waals surface area (Å²) in [6, 6.07) is 3.42. The number of ketones is 2. The summed E-state index contributed by atoms with van der Waals surface area (Å²) in [6.45, 7) is 0. The lowest BCUT2D eigenvalue weighted by Gasteiger charge is -2.23. The predicted molar refractivity (Wildman–Crippen MR) is 75.7 cm³/mol. The van der Waals surface area contributed by atoms with Crippen molar-refractivity contribution in [2.45, 2.75) is 24.2 Å². The van der Waals surface area contributed by atoms with E-state index < -0.39 is 32.7 Å². The number of allylic oxidation sites excluding steroid dienone is 1. The highest BCUT2D eigenvalue weighted by atomic mass is 32.2. The number of benzene rings is 1. The lowest BCUT2D eigenvalue weighted by molar-refractivity contribution is -0.244. The van der Waals surface area contributed by atoms with Gasteiger partial charge < -0.3 is 5.11 Å². The van der Waals surface area contributed by atoms with Crippen molar-refractivity contribution in [3.8, 4) is 0 Å². The van der Waals surface area contributed by atoms with Gasteiger partial charge in [0.15, 0.2) is 21.4 Å². The predicted octanol–water partition coefficient (Wildman–Crippen LogP) is 0.285. The molecule has 1 fully saturated rings. The van der Waals surface area contributed by atoms with Crippen LogP contribution in [0.15, 0.2) is 28.7 Å². The van der Waals surface area contributed by atoms with E-state index in [9.17, 15) is 23.1 Å². The molecule has 0 bridgehead atoms. The molecule has 118 valence electrons. The van der Waals surface area contributed by atoms with Crippen LogP contribution >= 0.6 is 0 Å². The van der Waals surface area contributed by atoms with Gasteiger partial charge in [0.05, 0.1) is 16.2 Å². The minimum atomic E-state index is -3.53. The molecule has 0 unspecified atom stereocenters. The second kappa shape index (κ2) is 5.90. The first kappa shape index (κ1) is 16.2. The fraction of sp³-hybridized carbons (Fsp3) is 0.286. The highest BCUT2D eigenvalue weighted by molar-refractivity contribution is 7.90. The molecule has 0 saturated heterocycles. The SMILES string of the molecule is CS(=O)(=O)c1ccc(C([O-])=C2C(=O)CCCC2=O)c(NO)c1. The average molecular weight is 324 g/mol. The van der Waals surface area contributed by atoms with Gasteiger partial charge in [0, 0.05) is 19.1 Å². The van der Waals surface area contributed by atoms with Gasteiger partial charge in [-0.2, -0.15) is 0 Å². The first-order valence-electron chi connectivity index (χ1n) is 6.48. The molecule has 22 heavy (non-hydrogen) atoms. The fourth-order valence-electron chi connectivity index (χ4n) is 2.25. The Morgan fingerprint density at radius 1 is 1.23 bits per heavy atom. The second-order valence-corrected chi connectivity index (χ2v) is 7.01. The molecule has 0 radical (unpaired) electrons. The number of rotatable bonds is 3. The van der Waals surface area contributed by atoms with Crippen LogP contribution in [-0.2, 0) is 19.4 Å². The van der Waals surface area contributed by atoms with E-state index in [1.165, 1.54) is 12.1 Å². The Morgan fingerprint density at radius 3 is 2.32 bits per heavy atom. The van der Waals surface area contributed by atoms with E-state index >= 15 is 0 Å². The summed E-state index contributed by atoms with van der Waals surface area (Å²) in [6.07, 6.45) is 1.63. The first-order valence-corrected chi connectivity index (χ1v) is 8.37. The maximum atomic E-state index is 12.4. The van der Waals surface area contributed by atoms with Crippen molar-refractivity contribution >= 4 is 32.9 Å². The highest BCUT2D eigenvalue weighted by Crippen LogP contribution is 2.29. The summed E-state index contributed by atoms with van der Waals surface area (Å²) >= 11 is 0. The van der Waals surface area contributed by atoms with Gasteiger partial charge >= 0.3 is 0 Å². The van der Waals surface area contributed by atoms with Crippen molar-refractivity contribution in [2.75, 3.05) is 11.7 Å². The van der Waals surface area contributed by atoms with Gasteiger partial charge in [-0.15, -0.1) is 0 Å². The Morgan fingerprint density at radius 2 is 1.82 bits per heavy atom. The lowest BCUT2D eigenvalue weighted by Crippen LogP contribution is -2.24. The maximum Gasteiger partial charge on any atom is 0.175 e. The Kier molecular flexibility index (Phi) is 4.34. The van der Waals surface area contributed by atoms with Gasteiger partial charge in [-0.3, -0.25) is 20.3 Å². The van der Waals surface area contributed by atoms with Gasteiger partial charge in [-0.25, -0.2) is 8.42 Å². The van der Waals surface area contributed by atoms with E-state index in [2.05, 4.69) is 0 Å². The highest BCUT2D eigenvalue weighted by Gasteiger charge is 2.25. The molecule has 2 rings (SSSR count). The molecule has 8 heteroatoms. The summed E-state index contributed by atoms with van der Waals surface area (Å²) in [4.78, 5) is 23.5. The quantitative estimate of drug-likeness (QED) is 0.354. The third kappa shape index (κ3) is 3.02. The number of sulfone groups is 1. The van der Waals surface area contributed by atoms with Gasteiger partial charge in [-0.1, -0.05) is 11.8 Å².